The van der Waals surface area contributed by atoms with E-state index in [-0.39, 0.29) is 0 Å². The van der Waals surface area contributed by atoms with E-state index < -0.39 is 0 Å². The van der Waals surface area contributed by atoms with Crippen molar-refractivity contribution in [1.29, 1.82) is 0 Å². The van der Waals surface area contributed by atoms with Gasteiger partial charge in [-0.3, -0.25) is 0 Å². The number of rotatable bonds is 7. The van der Waals surface area contributed by atoms with E-state index in [0.29, 0.717) is 0 Å². The van der Waals surface area contributed by atoms with E-state index in [0.717, 1.165) is 41.9 Å². The van der Waals surface area contributed by atoms with Gasteiger partial charge >= 0.3 is 0 Å². The van der Waals surface area contributed by atoms with Crippen molar-refractivity contribution in [3.05, 3.63) is 35.3 Å². The maximum atomic E-state index is 4.65. The van der Waals surface area contributed by atoms with Gasteiger partial charge in [0.05, 0.1) is 5.69 Å². The molecule has 1 saturated heterocycles. The molecule has 1 aromatic heterocycles. The summed E-state index contributed by atoms with van der Waals surface area (Å²) in [7, 11) is 0. The van der Waals surface area contributed by atoms with E-state index in [4.69, 9.17) is 0 Å². The van der Waals surface area contributed by atoms with Gasteiger partial charge in [0.1, 0.15) is 0 Å². The van der Waals surface area contributed by atoms with Crippen molar-refractivity contribution in [2.75, 3.05) is 36.4 Å². The summed E-state index contributed by atoms with van der Waals surface area (Å²) in [4.78, 5) is 7.15. The fraction of sp³-hybridized carbons (Fsp3) is 0.526. The van der Waals surface area contributed by atoms with Gasteiger partial charge in [-0.05, 0) is 49.6 Å². The molecule has 0 unspecified atom stereocenters. The molecular weight excluding hydrogens is 316 g/mol. The number of anilines is 3. The van der Waals surface area contributed by atoms with Crippen LogP contribution in [0.2, 0.25) is 0 Å². The zero-order valence-corrected chi connectivity index (χ0v) is 15.5. The molecule has 24 heavy (non-hydrogen) atoms. The Morgan fingerprint density at radius 2 is 1.96 bits per heavy atom. The van der Waals surface area contributed by atoms with Crippen LogP contribution in [0.5, 0.6) is 0 Å². The fourth-order valence-electron chi connectivity index (χ4n) is 3.02. The monoisotopic (exact) mass is 344 g/mol. The number of likely N-dealkylation sites (N-methyl/N-ethyl adjacent to an activating group) is 1. The molecule has 4 nitrogen and oxygen atoms in total. The summed E-state index contributed by atoms with van der Waals surface area (Å²) >= 11 is 1.67. The van der Waals surface area contributed by atoms with Crippen LogP contribution in [-0.2, 0) is 6.42 Å². The van der Waals surface area contributed by atoms with Crippen molar-refractivity contribution in [2.45, 2.75) is 33.1 Å². The van der Waals surface area contributed by atoms with Crippen molar-refractivity contribution in [3.63, 3.8) is 0 Å². The molecule has 2 aromatic rings. The molecule has 130 valence electrons. The van der Waals surface area contributed by atoms with Crippen LogP contribution in [0.1, 0.15) is 32.4 Å². The van der Waals surface area contributed by atoms with Gasteiger partial charge in [0, 0.05) is 42.8 Å². The Kier molecular flexibility index (Phi) is 6.10. The lowest BCUT2D eigenvalue weighted by Crippen LogP contribution is -2.32. The van der Waals surface area contributed by atoms with Crippen molar-refractivity contribution in [2.24, 2.45) is 5.92 Å². The molecule has 1 aliphatic rings. The zero-order chi connectivity index (χ0) is 16.8. The van der Waals surface area contributed by atoms with E-state index in [1.807, 2.05) is 0 Å². The number of hydrogen-bond acceptors (Lipinski definition) is 5. The predicted octanol–water partition coefficient (Wildman–Crippen LogP) is 4.28. The molecule has 2 heterocycles. The minimum absolute atomic E-state index is 0.869. The maximum Gasteiger partial charge on any atom is 0.187 e. The van der Waals surface area contributed by atoms with Crippen LogP contribution in [0.15, 0.2) is 29.6 Å². The quantitative estimate of drug-likeness (QED) is 0.736. The first-order valence-electron chi connectivity index (χ1n) is 9.01. The Hall–Kier alpha value is -1.59. The SMILES string of the molecule is CCNCCc1csc(Nc2ccc(N3CCC(C)CC3)cc2)n1. The van der Waals surface area contributed by atoms with E-state index in [2.05, 4.69) is 64.0 Å². The van der Waals surface area contributed by atoms with Gasteiger partial charge in [0.2, 0.25) is 0 Å². The van der Waals surface area contributed by atoms with Gasteiger partial charge in [-0.2, -0.15) is 0 Å². The summed E-state index contributed by atoms with van der Waals surface area (Å²) in [6, 6.07) is 8.76. The van der Waals surface area contributed by atoms with Gasteiger partial charge in [0.15, 0.2) is 5.13 Å². The van der Waals surface area contributed by atoms with E-state index >= 15 is 0 Å². The highest BCUT2D eigenvalue weighted by Gasteiger charge is 2.15. The molecular formula is C19H28N4S. The Labute approximate surface area is 149 Å². The van der Waals surface area contributed by atoms with Crippen LogP contribution in [0.4, 0.5) is 16.5 Å². The molecule has 0 radical (unpaired) electrons. The topological polar surface area (TPSA) is 40.2 Å². The minimum atomic E-state index is 0.869. The Bertz CT molecular complexity index is 615. The van der Waals surface area contributed by atoms with E-state index in [1.54, 1.807) is 11.3 Å². The molecule has 1 aromatic carbocycles. The summed E-state index contributed by atoms with van der Waals surface area (Å²) in [5.74, 6) is 0.869. The van der Waals surface area contributed by atoms with Crippen molar-refractivity contribution in [3.8, 4) is 0 Å². The molecule has 1 fully saturated rings. The average Bonchev–Trinajstić information content (AvgIpc) is 3.04. The van der Waals surface area contributed by atoms with E-state index in [9.17, 15) is 0 Å². The first kappa shape index (κ1) is 17.2. The van der Waals surface area contributed by atoms with Crippen molar-refractivity contribution >= 4 is 27.8 Å². The number of nitrogens with zero attached hydrogens (tertiary/aromatic N) is 2. The standard InChI is InChI=1S/C19H28N4S/c1-3-20-11-8-17-14-24-19(22-17)21-16-4-6-18(7-5-16)23-12-9-15(2)10-13-23/h4-7,14-15,20H,3,8-13H2,1-2H3,(H,21,22). The van der Waals surface area contributed by atoms with Crippen molar-refractivity contribution in [1.82, 2.24) is 10.3 Å². The average molecular weight is 345 g/mol. The lowest BCUT2D eigenvalue weighted by atomic mass is 9.99. The van der Waals surface area contributed by atoms with Gasteiger partial charge in [-0.1, -0.05) is 13.8 Å². The van der Waals surface area contributed by atoms with Crippen LogP contribution in [-0.4, -0.2) is 31.2 Å². The lowest BCUT2D eigenvalue weighted by molar-refractivity contribution is 0.438. The number of piperidine rings is 1. The van der Waals surface area contributed by atoms with Crippen LogP contribution in [0.3, 0.4) is 0 Å². The number of hydrogen-bond donors (Lipinski definition) is 2. The molecule has 2 N–H and O–H groups in total. The molecule has 0 bridgehead atoms. The van der Waals surface area contributed by atoms with E-state index in [1.165, 1.54) is 31.6 Å². The fourth-order valence-corrected chi connectivity index (χ4v) is 3.78. The second-order valence-corrected chi connectivity index (χ2v) is 7.45. The smallest absolute Gasteiger partial charge is 0.187 e. The number of aromatic nitrogens is 1. The molecule has 1 aliphatic heterocycles. The number of thiazole rings is 1. The Morgan fingerprint density at radius 3 is 2.67 bits per heavy atom. The molecule has 0 spiro atoms. The van der Waals surface area contributed by atoms with Crippen molar-refractivity contribution < 1.29 is 0 Å². The summed E-state index contributed by atoms with van der Waals surface area (Å²) < 4.78 is 0. The molecule has 0 saturated carbocycles. The molecule has 0 amide bonds. The highest BCUT2D eigenvalue weighted by molar-refractivity contribution is 7.13. The van der Waals surface area contributed by atoms with Crippen LogP contribution in [0, 0.1) is 5.92 Å². The first-order chi connectivity index (χ1) is 11.7. The van der Waals surface area contributed by atoms with Gasteiger partial charge in [-0.25, -0.2) is 4.98 Å². The maximum absolute atomic E-state index is 4.65. The molecule has 3 rings (SSSR count). The Balaban J connectivity index is 1.54. The lowest BCUT2D eigenvalue weighted by Gasteiger charge is -2.32. The third kappa shape index (κ3) is 4.71. The summed E-state index contributed by atoms with van der Waals surface area (Å²) in [6.45, 7) is 8.83. The van der Waals surface area contributed by atoms with Crippen LogP contribution in [0.25, 0.3) is 0 Å². The second-order valence-electron chi connectivity index (χ2n) is 6.59. The highest BCUT2D eigenvalue weighted by Crippen LogP contribution is 2.26. The number of nitrogens with one attached hydrogen (secondary N) is 2. The zero-order valence-electron chi connectivity index (χ0n) is 14.7. The molecule has 5 heteroatoms. The third-order valence-corrected chi connectivity index (χ3v) is 5.43. The Morgan fingerprint density at radius 1 is 1.21 bits per heavy atom. The van der Waals surface area contributed by atoms with Gasteiger partial charge in [0.25, 0.3) is 0 Å². The summed E-state index contributed by atoms with van der Waals surface area (Å²) in [5.41, 5.74) is 3.59. The minimum Gasteiger partial charge on any atom is -0.372 e. The molecule has 0 atom stereocenters. The first-order valence-corrected chi connectivity index (χ1v) is 9.89. The predicted molar refractivity (Wildman–Crippen MR) is 105 cm³/mol. The third-order valence-electron chi connectivity index (χ3n) is 4.63. The number of benzene rings is 1. The normalized spacial score (nSPS) is 15.7. The highest BCUT2D eigenvalue weighted by atomic mass is 32.1. The van der Waals surface area contributed by atoms with Gasteiger partial charge < -0.3 is 15.5 Å². The van der Waals surface area contributed by atoms with Crippen LogP contribution >= 0.6 is 11.3 Å². The second kappa shape index (κ2) is 8.49. The largest absolute Gasteiger partial charge is 0.372 e. The molecule has 0 aliphatic carbocycles. The van der Waals surface area contributed by atoms with Crippen LogP contribution < -0.4 is 15.5 Å². The summed E-state index contributed by atoms with van der Waals surface area (Å²) in [6.07, 6.45) is 3.59. The van der Waals surface area contributed by atoms with Gasteiger partial charge in [-0.15, -0.1) is 11.3 Å². The summed E-state index contributed by atoms with van der Waals surface area (Å²) in [5, 5.41) is 9.87.